The van der Waals surface area contributed by atoms with Gasteiger partial charge in [0, 0.05) is 38.6 Å². The highest BCUT2D eigenvalue weighted by molar-refractivity contribution is 6.20. The molecule has 276 valence electrons. The maximum absolute atomic E-state index is 9.91. The van der Waals surface area contributed by atoms with E-state index in [2.05, 4.69) is 108 Å². The lowest BCUT2D eigenvalue weighted by Gasteiger charge is -2.27. The lowest BCUT2D eigenvalue weighted by atomic mass is 9.97. The number of fused-ring (bicyclic) bond motifs is 9. The van der Waals surface area contributed by atoms with Crippen LogP contribution in [0.25, 0.3) is 93.2 Å². The topological polar surface area (TPSA) is 21.3 Å². The Morgan fingerprint density at radius 3 is 1.88 bits per heavy atom. The number of anilines is 3. The molecule has 0 fully saturated rings. The number of hydrogen-bond acceptors (Lipinski definition) is 2. The molecule has 10 aromatic carbocycles. The van der Waals surface area contributed by atoms with Crippen LogP contribution in [0.3, 0.4) is 0 Å². The first-order chi connectivity index (χ1) is 31.0. The van der Waals surface area contributed by atoms with Crippen LogP contribution in [0.4, 0.5) is 17.1 Å². The van der Waals surface area contributed by atoms with Gasteiger partial charge in [-0.25, -0.2) is 0 Å². The molecule has 0 saturated carbocycles. The number of hydrogen-bond donors (Lipinski definition) is 0. The van der Waals surface area contributed by atoms with Gasteiger partial charge in [-0.05, 0) is 105 Å². The van der Waals surface area contributed by atoms with Gasteiger partial charge < -0.3 is 13.9 Å². The standard InChI is InChI=1S/C56H36N2O/c1-2-16-41(17-3-1)58-50-23-9-8-20-48(50)54-46(22-11-24-51(54)58)40-29-34-43(35-30-40)57(42-32-27-39(28-33-42)45-21-10-15-37-13-4-6-18-44(37)45)52-25-12-26-53-55(52)49-36-31-38-14-5-7-19-47(38)56(49)59-53/h1-36H/i29D,30D,34D,35D. The summed E-state index contributed by atoms with van der Waals surface area (Å²) in [5.41, 5.74) is 8.82. The lowest BCUT2D eigenvalue weighted by Crippen LogP contribution is -2.10. The van der Waals surface area contributed by atoms with E-state index in [0.29, 0.717) is 22.5 Å². The second-order valence-electron chi connectivity index (χ2n) is 14.9. The molecular formula is C56H36N2O. The summed E-state index contributed by atoms with van der Waals surface area (Å²) in [6, 6.07) is 64.6. The third-order valence-electron chi connectivity index (χ3n) is 11.6. The Bertz CT molecular complexity index is 3760. The summed E-state index contributed by atoms with van der Waals surface area (Å²) in [4.78, 5) is 1.88. The van der Waals surface area contributed by atoms with Crippen LogP contribution in [0, 0.1) is 0 Å². The summed E-state index contributed by atoms with van der Waals surface area (Å²) < 4.78 is 48.3. The average Bonchev–Trinajstić information content (AvgIpc) is 3.90. The Hall–Kier alpha value is -7.88. The molecule has 3 heteroatoms. The fraction of sp³-hybridized carbons (Fsp3) is 0. The Balaban J connectivity index is 1.11. The molecule has 0 amide bonds. The van der Waals surface area contributed by atoms with E-state index in [1.54, 1.807) is 0 Å². The van der Waals surface area contributed by atoms with Crippen LogP contribution in [-0.4, -0.2) is 4.57 Å². The van der Waals surface area contributed by atoms with Crippen molar-refractivity contribution in [1.82, 2.24) is 4.57 Å². The number of furan rings is 1. The van der Waals surface area contributed by atoms with Crippen molar-refractivity contribution in [2.75, 3.05) is 4.90 Å². The maximum atomic E-state index is 9.91. The van der Waals surface area contributed by atoms with Gasteiger partial charge in [-0.2, -0.15) is 0 Å². The molecule has 0 unspecified atom stereocenters. The molecule has 0 aliphatic rings. The van der Waals surface area contributed by atoms with Crippen LogP contribution in [0.1, 0.15) is 5.48 Å². The minimum absolute atomic E-state index is 0.123. The maximum Gasteiger partial charge on any atom is 0.143 e. The summed E-state index contributed by atoms with van der Waals surface area (Å²) in [5, 5.41) is 7.88. The van der Waals surface area contributed by atoms with Crippen molar-refractivity contribution in [1.29, 1.82) is 0 Å². The summed E-state index contributed by atoms with van der Waals surface area (Å²) in [6.45, 7) is 0. The van der Waals surface area contributed by atoms with E-state index < -0.39 is 0 Å². The number of nitrogens with zero attached hydrogens (tertiary/aromatic N) is 2. The third kappa shape index (κ3) is 5.29. The second-order valence-corrected chi connectivity index (χ2v) is 14.9. The monoisotopic (exact) mass is 756 g/mol. The van der Waals surface area contributed by atoms with Crippen LogP contribution in [0.2, 0.25) is 0 Å². The molecule has 3 nitrogen and oxygen atoms in total. The minimum atomic E-state index is -0.150. The van der Waals surface area contributed by atoms with Gasteiger partial charge in [0.2, 0.25) is 0 Å². The van der Waals surface area contributed by atoms with Gasteiger partial charge in [0.05, 0.1) is 27.6 Å². The zero-order valence-electron chi connectivity index (χ0n) is 35.8. The number of para-hydroxylation sites is 2. The van der Waals surface area contributed by atoms with Gasteiger partial charge >= 0.3 is 0 Å². The fourth-order valence-corrected chi connectivity index (χ4v) is 9.01. The highest BCUT2D eigenvalue weighted by Crippen LogP contribution is 2.46. The molecule has 0 spiro atoms. The van der Waals surface area contributed by atoms with Crippen molar-refractivity contribution in [3.63, 3.8) is 0 Å². The smallest absolute Gasteiger partial charge is 0.143 e. The van der Waals surface area contributed by atoms with Gasteiger partial charge in [-0.15, -0.1) is 0 Å². The van der Waals surface area contributed by atoms with Crippen molar-refractivity contribution < 1.29 is 9.90 Å². The van der Waals surface area contributed by atoms with Crippen molar-refractivity contribution >= 4 is 82.4 Å². The van der Waals surface area contributed by atoms with Gasteiger partial charge in [0.1, 0.15) is 11.2 Å². The number of benzene rings is 10. The quantitative estimate of drug-likeness (QED) is 0.168. The van der Waals surface area contributed by atoms with Gasteiger partial charge in [-0.1, -0.05) is 152 Å². The van der Waals surface area contributed by atoms with Gasteiger partial charge in [0.25, 0.3) is 0 Å². The first-order valence-corrected chi connectivity index (χ1v) is 19.9. The van der Waals surface area contributed by atoms with Crippen LogP contribution in [-0.2, 0) is 0 Å². The van der Waals surface area contributed by atoms with E-state index >= 15 is 0 Å². The van der Waals surface area contributed by atoms with Crippen LogP contribution in [0.5, 0.6) is 0 Å². The first kappa shape index (κ1) is 29.4. The molecule has 0 radical (unpaired) electrons. The number of aromatic nitrogens is 1. The molecule has 0 bridgehead atoms. The van der Waals surface area contributed by atoms with E-state index in [9.17, 15) is 5.48 Å². The van der Waals surface area contributed by atoms with Crippen molar-refractivity contribution in [2.45, 2.75) is 0 Å². The van der Waals surface area contributed by atoms with Crippen molar-refractivity contribution in [3.8, 4) is 27.9 Å². The molecule has 0 saturated heterocycles. The summed E-state index contributed by atoms with van der Waals surface area (Å²) in [7, 11) is 0. The van der Waals surface area contributed by atoms with Crippen molar-refractivity contribution in [3.05, 3.63) is 218 Å². The summed E-state index contributed by atoms with van der Waals surface area (Å²) in [5.74, 6) is 0. The third-order valence-corrected chi connectivity index (χ3v) is 11.6. The zero-order chi connectivity index (χ0) is 42.3. The van der Waals surface area contributed by atoms with Crippen molar-refractivity contribution in [2.24, 2.45) is 0 Å². The molecule has 2 heterocycles. The molecule has 0 N–H and O–H groups in total. The Labute approximate surface area is 346 Å². The fourth-order valence-electron chi connectivity index (χ4n) is 9.01. The van der Waals surface area contributed by atoms with Gasteiger partial charge in [0.15, 0.2) is 0 Å². The second kappa shape index (κ2) is 13.4. The Kier molecular flexibility index (Phi) is 6.65. The summed E-state index contributed by atoms with van der Waals surface area (Å²) >= 11 is 0. The molecular weight excluding hydrogens is 717 g/mol. The Morgan fingerprint density at radius 2 is 1.05 bits per heavy atom. The van der Waals surface area contributed by atoms with Gasteiger partial charge in [-0.3, -0.25) is 0 Å². The largest absolute Gasteiger partial charge is 0.455 e. The molecule has 12 aromatic rings. The average molecular weight is 757 g/mol. The van der Waals surface area contributed by atoms with E-state index in [1.165, 1.54) is 0 Å². The van der Waals surface area contributed by atoms with Crippen LogP contribution >= 0.6 is 0 Å². The van der Waals surface area contributed by atoms with E-state index in [0.717, 1.165) is 76.5 Å². The predicted octanol–water partition coefficient (Wildman–Crippen LogP) is 15.8. The molecule has 12 rings (SSSR count). The highest BCUT2D eigenvalue weighted by atomic mass is 16.3. The minimum Gasteiger partial charge on any atom is -0.455 e. The van der Waals surface area contributed by atoms with E-state index in [1.807, 2.05) is 95.9 Å². The molecule has 0 aliphatic heterocycles. The van der Waals surface area contributed by atoms with E-state index in [-0.39, 0.29) is 35.4 Å². The molecule has 2 aromatic heterocycles. The summed E-state index contributed by atoms with van der Waals surface area (Å²) in [6.07, 6.45) is 0. The lowest BCUT2D eigenvalue weighted by molar-refractivity contribution is 0.672. The zero-order valence-corrected chi connectivity index (χ0v) is 31.8. The highest BCUT2D eigenvalue weighted by Gasteiger charge is 2.22. The van der Waals surface area contributed by atoms with E-state index in [4.69, 9.17) is 4.42 Å². The molecule has 59 heavy (non-hydrogen) atoms. The van der Waals surface area contributed by atoms with Crippen LogP contribution < -0.4 is 4.90 Å². The number of rotatable bonds is 6. The van der Waals surface area contributed by atoms with Crippen LogP contribution in [0.15, 0.2) is 223 Å². The SMILES string of the molecule is [2H]c1c([2H])c(N(c2ccc(-c3cccc4ccccc34)cc2)c2cccc3oc4c5ccccc5ccc4c23)c([2H])c([2H])c1-c1cccc2c1c1ccccc1n2-c1ccccc1. The normalized spacial score (nSPS) is 12.7. The molecule has 0 aliphatic carbocycles. The molecule has 0 atom stereocenters. The predicted molar refractivity (Wildman–Crippen MR) is 249 cm³/mol. The Morgan fingerprint density at radius 1 is 0.407 bits per heavy atom. The first-order valence-electron chi connectivity index (χ1n) is 21.9.